The Morgan fingerprint density at radius 2 is 2.00 bits per heavy atom. The molecule has 1 aliphatic heterocycles. The summed E-state index contributed by atoms with van der Waals surface area (Å²) in [7, 11) is 1.87. The van der Waals surface area contributed by atoms with Gasteiger partial charge in [0.15, 0.2) is 0 Å². The van der Waals surface area contributed by atoms with E-state index in [2.05, 4.69) is 12.2 Å². The molecule has 19 heavy (non-hydrogen) atoms. The SMILES string of the molecule is CNC(C(=O)N1CCCC1C=O)C1(C)CCCCC1. The predicted molar refractivity (Wildman–Crippen MR) is 74.8 cm³/mol. The summed E-state index contributed by atoms with van der Waals surface area (Å²) < 4.78 is 0. The number of aldehydes is 1. The number of likely N-dealkylation sites (N-methyl/N-ethyl adjacent to an activating group) is 1. The lowest BCUT2D eigenvalue weighted by atomic mass is 9.70. The van der Waals surface area contributed by atoms with E-state index in [1.165, 1.54) is 19.3 Å². The molecule has 1 saturated heterocycles. The molecule has 2 unspecified atom stereocenters. The van der Waals surface area contributed by atoms with Gasteiger partial charge >= 0.3 is 0 Å². The van der Waals surface area contributed by atoms with Gasteiger partial charge < -0.3 is 15.0 Å². The summed E-state index contributed by atoms with van der Waals surface area (Å²) in [6.45, 7) is 2.95. The van der Waals surface area contributed by atoms with Crippen molar-refractivity contribution < 1.29 is 9.59 Å². The molecule has 1 amide bonds. The van der Waals surface area contributed by atoms with E-state index in [1.54, 1.807) is 4.90 Å². The van der Waals surface area contributed by atoms with Crippen LogP contribution in [0.3, 0.4) is 0 Å². The van der Waals surface area contributed by atoms with Gasteiger partial charge in [-0.05, 0) is 38.1 Å². The highest BCUT2D eigenvalue weighted by atomic mass is 16.2. The van der Waals surface area contributed by atoms with Crippen molar-refractivity contribution >= 4 is 12.2 Å². The van der Waals surface area contributed by atoms with Gasteiger partial charge in [0, 0.05) is 6.54 Å². The average molecular weight is 266 g/mol. The van der Waals surface area contributed by atoms with Crippen molar-refractivity contribution in [2.45, 2.75) is 64.0 Å². The molecule has 2 aliphatic rings. The van der Waals surface area contributed by atoms with Crippen LogP contribution >= 0.6 is 0 Å². The van der Waals surface area contributed by atoms with Crippen LogP contribution in [0.1, 0.15) is 51.9 Å². The van der Waals surface area contributed by atoms with Gasteiger partial charge in [-0.3, -0.25) is 4.79 Å². The van der Waals surface area contributed by atoms with Gasteiger partial charge in [0.1, 0.15) is 6.29 Å². The maximum Gasteiger partial charge on any atom is 0.240 e. The summed E-state index contributed by atoms with van der Waals surface area (Å²) in [4.78, 5) is 25.6. The van der Waals surface area contributed by atoms with Crippen LogP contribution in [0, 0.1) is 5.41 Å². The second-order valence-electron chi connectivity index (χ2n) is 6.31. The lowest BCUT2D eigenvalue weighted by Gasteiger charge is -2.41. The van der Waals surface area contributed by atoms with Crippen molar-refractivity contribution in [1.82, 2.24) is 10.2 Å². The number of hydrogen-bond donors (Lipinski definition) is 1. The van der Waals surface area contributed by atoms with Crippen molar-refractivity contribution in [2.75, 3.05) is 13.6 Å². The first-order valence-electron chi connectivity index (χ1n) is 7.55. The topological polar surface area (TPSA) is 49.4 Å². The minimum absolute atomic E-state index is 0.0418. The summed E-state index contributed by atoms with van der Waals surface area (Å²) in [6, 6.07) is -0.344. The van der Waals surface area contributed by atoms with Crippen LogP contribution in [0.4, 0.5) is 0 Å². The smallest absolute Gasteiger partial charge is 0.240 e. The maximum atomic E-state index is 12.8. The Balaban J connectivity index is 2.12. The average Bonchev–Trinajstić information content (AvgIpc) is 2.88. The van der Waals surface area contributed by atoms with E-state index in [-0.39, 0.29) is 23.4 Å². The van der Waals surface area contributed by atoms with Crippen LogP contribution in [0.5, 0.6) is 0 Å². The molecule has 4 heteroatoms. The Morgan fingerprint density at radius 1 is 1.32 bits per heavy atom. The van der Waals surface area contributed by atoms with Crippen LogP contribution < -0.4 is 5.32 Å². The molecule has 0 aromatic carbocycles. The molecule has 0 spiro atoms. The number of nitrogens with zero attached hydrogens (tertiary/aromatic N) is 1. The summed E-state index contributed by atoms with van der Waals surface area (Å²) in [5, 5.41) is 3.23. The van der Waals surface area contributed by atoms with Crippen molar-refractivity contribution in [1.29, 1.82) is 0 Å². The third-order valence-electron chi connectivity index (χ3n) is 4.97. The van der Waals surface area contributed by atoms with Gasteiger partial charge in [0.25, 0.3) is 0 Å². The molecule has 4 nitrogen and oxygen atoms in total. The third-order valence-corrected chi connectivity index (χ3v) is 4.97. The van der Waals surface area contributed by atoms with Crippen LogP contribution in [-0.4, -0.2) is 42.8 Å². The van der Waals surface area contributed by atoms with Crippen molar-refractivity contribution in [3.05, 3.63) is 0 Å². The van der Waals surface area contributed by atoms with Gasteiger partial charge in [-0.15, -0.1) is 0 Å². The second kappa shape index (κ2) is 6.04. The third kappa shape index (κ3) is 2.83. The number of amides is 1. The van der Waals surface area contributed by atoms with Gasteiger partial charge in [-0.1, -0.05) is 26.2 Å². The van der Waals surface area contributed by atoms with Crippen LogP contribution in [0.15, 0.2) is 0 Å². The van der Waals surface area contributed by atoms with Gasteiger partial charge in [0.05, 0.1) is 12.1 Å². The molecule has 1 saturated carbocycles. The highest BCUT2D eigenvalue weighted by Gasteiger charge is 2.42. The maximum absolute atomic E-state index is 12.8. The lowest BCUT2D eigenvalue weighted by Crippen LogP contribution is -2.55. The Labute approximate surface area is 115 Å². The number of carbonyl (C=O) groups is 2. The van der Waals surface area contributed by atoms with E-state index in [9.17, 15) is 9.59 Å². The highest BCUT2D eigenvalue weighted by Crippen LogP contribution is 2.39. The first-order valence-corrected chi connectivity index (χ1v) is 7.55. The molecule has 2 fully saturated rings. The number of nitrogens with one attached hydrogen (secondary N) is 1. The molecule has 0 aromatic heterocycles. The number of likely N-dealkylation sites (tertiary alicyclic amines) is 1. The minimum atomic E-state index is -0.199. The van der Waals surface area contributed by atoms with Crippen LogP contribution in [0.2, 0.25) is 0 Å². The first kappa shape index (κ1) is 14.5. The van der Waals surface area contributed by atoms with Gasteiger partial charge in [0.2, 0.25) is 5.91 Å². The summed E-state index contributed by atoms with van der Waals surface area (Å²) in [5.74, 6) is 0.126. The molecule has 1 N–H and O–H groups in total. The monoisotopic (exact) mass is 266 g/mol. The fourth-order valence-electron chi connectivity index (χ4n) is 3.79. The molecule has 0 radical (unpaired) electrons. The summed E-state index contributed by atoms with van der Waals surface area (Å²) >= 11 is 0. The van der Waals surface area contributed by atoms with E-state index in [1.807, 2.05) is 7.05 Å². The van der Waals surface area contributed by atoms with Gasteiger partial charge in [-0.2, -0.15) is 0 Å². The summed E-state index contributed by atoms with van der Waals surface area (Å²) in [5.41, 5.74) is 0.0418. The van der Waals surface area contributed by atoms with Crippen LogP contribution in [-0.2, 0) is 9.59 Å². The molecular weight excluding hydrogens is 240 g/mol. The Bertz CT molecular complexity index is 337. The molecule has 0 bridgehead atoms. The summed E-state index contributed by atoms with van der Waals surface area (Å²) in [6.07, 6.45) is 8.60. The molecular formula is C15H26N2O2. The Kier molecular flexibility index (Phi) is 4.61. The number of hydrogen-bond acceptors (Lipinski definition) is 3. The number of rotatable bonds is 4. The molecule has 1 aliphatic carbocycles. The fraction of sp³-hybridized carbons (Fsp3) is 0.867. The zero-order chi connectivity index (χ0) is 13.9. The van der Waals surface area contributed by atoms with E-state index < -0.39 is 0 Å². The highest BCUT2D eigenvalue weighted by molar-refractivity contribution is 5.85. The largest absolute Gasteiger partial charge is 0.332 e. The minimum Gasteiger partial charge on any atom is -0.332 e. The van der Waals surface area contributed by atoms with E-state index in [4.69, 9.17) is 0 Å². The molecule has 2 rings (SSSR count). The Morgan fingerprint density at radius 3 is 2.58 bits per heavy atom. The quantitative estimate of drug-likeness (QED) is 0.788. The fourth-order valence-corrected chi connectivity index (χ4v) is 3.79. The molecule has 0 aromatic rings. The van der Waals surface area contributed by atoms with Crippen molar-refractivity contribution in [3.63, 3.8) is 0 Å². The van der Waals surface area contributed by atoms with Gasteiger partial charge in [-0.25, -0.2) is 0 Å². The molecule has 2 atom stereocenters. The lowest BCUT2D eigenvalue weighted by molar-refractivity contribution is -0.140. The zero-order valence-corrected chi connectivity index (χ0v) is 12.2. The predicted octanol–water partition coefficient (Wildman–Crippen LogP) is 1.73. The van der Waals surface area contributed by atoms with Crippen molar-refractivity contribution in [3.8, 4) is 0 Å². The first-order chi connectivity index (χ1) is 9.12. The zero-order valence-electron chi connectivity index (χ0n) is 12.2. The Hall–Kier alpha value is -0.900. The molecule has 1 heterocycles. The van der Waals surface area contributed by atoms with E-state index in [0.29, 0.717) is 0 Å². The molecule has 108 valence electrons. The van der Waals surface area contributed by atoms with E-state index in [0.717, 1.165) is 38.5 Å². The van der Waals surface area contributed by atoms with Crippen molar-refractivity contribution in [2.24, 2.45) is 5.41 Å². The normalized spacial score (nSPS) is 28.1. The van der Waals surface area contributed by atoms with E-state index >= 15 is 0 Å². The number of carbonyl (C=O) groups excluding carboxylic acids is 2. The standard InChI is InChI=1S/C15H26N2O2/c1-15(8-4-3-5-9-15)13(16-2)14(19)17-10-6-7-12(17)11-18/h11-13,16H,3-10H2,1-2H3. The van der Waals surface area contributed by atoms with Crippen LogP contribution in [0.25, 0.3) is 0 Å². The second-order valence-corrected chi connectivity index (χ2v) is 6.31.